The average Bonchev–Trinajstić information content (AvgIpc) is 2.99. The summed E-state index contributed by atoms with van der Waals surface area (Å²) in [4.78, 5) is 41.6. The summed E-state index contributed by atoms with van der Waals surface area (Å²) < 4.78 is 46.2. The van der Waals surface area contributed by atoms with Crippen molar-refractivity contribution < 1.29 is 22.7 Å². The van der Waals surface area contributed by atoms with Gasteiger partial charge in [0.15, 0.2) is 5.65 Å². The Balaban J connectivity index is 1.64. The van der Waals surface area contributed by atoms with Crippen LogP contribution in [0.5, 0.6) is 5.75 Å². The van der Waals surface area contributed by atoms with Crippen molar-refractivity contribution in [1.29, 1.82) is 0 Å². The van der Waals surface area contributed by atoms with Gasteiger partial charge in [-0.25, -0.2) is 9.78 Å². The van der Waals surface area contributed by atoms with Crippen LogP contribution in [-0.2, 0) is 12.6 Å². The van der Waals surface area contributed by atoms with Gasteiger partial charge in [0.25, 0.3) is 5.91 Å². The van der Waals surface area contributed by atoms with Gasteiger partial charge >= 0.3 is 11.9 Å². The number of hydrogen-bond donors (Lipinski definition) is 2. The Hall–Kier alpha value is -4.52. The minimum Gasteiger partial charge on any atom is -0.497 e. The highest BCUT2D eigenvalue weighted by atomic mass is 19.4. The van der Waals surface area contributed by atoms with Crippen LogP contribution in [-0.4, -0.2) is 63.6 Å². The highest BCUT2D eigenvalue weighted by Crippen LogP contribution is 2.30. The predicted molar refractivity (Wildman–Crippen MR) is 159 cm³/mol. The third kappa shape index (κ3) is 7.47. The van der Waals surface area contributed by atoms with Crippen LogP contribution in [0.4, 0.5) is 24.8 Å². The number of aromatic nitrogens is 4. The summed E-state index contributed by atoms with van der Waals surface area (Å²) in [6.45, 7) is 9.69. The van der Waals surface area contributed by atoms with Gasteiger partial charge in [0.05, 0.1) is 23.7 Å². The van der Waals surface area contributed by atoms with E-state index in [1.54, 1.807) is 12.3 Å². The summed E-state index contributed by atoms with van der Waals surface area (Å²) in [5.74, 6) is -0.0679. The zero-order valence-electron chi connectivity index (χ0n) is 24.5. The van der Waals surface area contributed by atoms with E-state index in [-0.39, 0.29) is 16.9 Å². The van der Waals surface area contributed by atoms with Crippen LogP contribution in [0.1, 0.15) is 48.8 Å². The third-order valence-corrected chi connectivity index (χ3v) is 7.00. The number of rotatable bonds is 12. The van der Waals surface area contributed by atoms with Crippen molar-refractivity contribution in [1.82, 2.24) is 24.4 Å². The number of halogens is 3. The van der Waals surface area contributed by atoms with Crippen LogP contribution < -0.4 is 21.1 Å². The van der Waals surface area contributed by atoms with E-state index in [9.17, 15) is 22.8 Å². The SMILES string of the molecule is CCc1c2cnc(NCCCN(CC)CC)nc2nc(=O)n1-c1cc(NC(=O)c2cccc(C(F)(F)F)c2)cc(OC)c1. The number of amides is 1. The number of carbonyl (C=O) groups excluding carboxylic acids is 1. The Kier molecular flexibility index (Phi) is 9.96. The number of ether oxygens (including phenoxy) is 1. The third-order valence-electron chi connectivity index (χ3n) is 7.00. The van der Waals surface area contributed by atoms with Crippen molar-refractivity contribution in [2.75, 3.05) is 43.9 Å². The summed E-state index contributed by atoms with van der Waals surface area (Å²) in [6, 6.07) is 8.74. The topological polar surface area (TPSA) is 114 Å². The smallest absolute Gasteiger partial charge is 0.416 e. The maximum atomic E-state index is 13.3. The summed E-state index contributed by atoms with van der Waals surface area (Å²) in [7, 11) is 1.42. The highest BCUT2D eigenvalue weighted by Gasteiger charge is 2.31. The number of nitrogens with zero attached hydrogens (tertiary/aromatic N) is 5. The lowest BCUT2D eigenvalue weighted by atomic mass is 10.1. The summed E-state index contributed by atoms with van der Waals surface area (Å²) in [6.07, 6.45) is -1.64. The fraction of sp³-hybridized carbons (Fsp3) is 0.367. The molecule has 0 atom stereocenters. The average molecular weight is 598 g/mol. The Morgan fingerprint density at radius 2 is 1.84 bits per heavy atom. The first-order valence-corrected chi connectivity index (χ1v) is 14.0. The fourth-order valence-corrected chi connectivity index (χ4v) is 4.72. The minimum absolute atomic E-state index is 0.174. The lowest BCUT2D eigenvalue weighted by Crippen LogP contribution is -2.26. The second-order valence-electron chi connectivity index (χ2n) is 9.72. The van der Waals surface area contributed by atoms with Crippen LogP contribution >= 0.6 is 0 Å². The van der Waals surface area contributed by atoms with E-state index >= 15 is 0 Å². The number of benzene rings is 2. The number of methoxy groups -OCH3 is 1. The molecule has 0 aliphatic heterocycles. The number of alkyl halides is 3. The second kappa shape index (κ2) is 13.6. The molecule has 4 rings (SSSR count). The number of aryl methyl sites for hydroxylation is 1. The number of nitrogens with one attached hydrogen (secondary N) is 2. The standard InChI is InChI=1S/C30H34F3N7O3/c1-5-25-24-18-35-28(34-12-9-13-39(6-2)7-3)37-26(24)38-29(42)40(25)22-15-21(16-23(17-22)43-4)36-27(41)19-10-8-11-20(14-19)30(31,32)33/h8,10-11,14-18H,5-7,9,12-13H2,1-4H3,(H,36,41)(H,34,37,38,42). The van der Waals surface area contributed by atoms with E-state index in [4.69, 9.17) is 4.74 Å². The lowest BCUT2D eigenvalue weighted by Gasteiger charge is -2.18. The van der Waals surface area contributed by atoms with Gasteiger partial charge in [-0.15, -0.1) is 0 Å². The van der Waals surface area contributed by atoms with Crippen molar-refractivity contribution >= 4 is 28.6 Å². The maximum Gasteiger partial charge on any atom is 0.416 e. The quantitative estimate of drug-likeness (QED) is 0.215. The molecular weight excluding hydrogens is 563 g/mol. The van der Waals surface area contributed by atoms with Gasteiger partial charge in [-0.3, -0.25) is 9.36 Å². The van der Waals surface area contributed by atoms with Crippen LogP contribution in [0.3, 0.4) is 0 Å². The summed E-state index contributed by atoms with van der Waals surface area (Å²) in [5.41, 5.74) is -0.314. The van der Waals surface area contributed by atoms with Gasteiger partial charge in [-0.2, -0.15) is 23.1 Å². The summed E-state index contributed by atoms with van der Waals surface area (Å²) >= 11 is 0. The maximum absolute atomic E-state index is 13.3. The van der Waals surface area contributed by atoms with Gasteiger partial charge in [0.1, 0.15) is 5.75 Å². The molecule has 2 N–H and O–H groups in total. The van der Waals surface area contributed by atoms with Gasteiger partial charge in [-0.1, -0.05) is 26.8 Å². The molecule has 0 spiro atoms. The second-order valence-corrected chi connectivity index (χ2v) is 9.72. The van der Waals surface area contributed by atoms with Crippen LogP contribution in [0.15, 0.2) is 53.5 Å². The first-order chi connectivity index (χ1) is 20.6. The van der Waals surface area contributed by atoms with Crippen LogP contribution in [0.2, 0.25) is 0 Å². The van der Waals surface area contributed by atoms with Gasteiger partial charge in [-0.05, 0) is 56.7 Å². The molecule has 0 radical (unpaired) electrons. The number of carbonyl (C=O) groups is 1. The van der Waals surface area contributed by atoms with Crippen molar-refractivity contribution in [2.45, 2.75) is 39.8 Å². The van der Waals surface area contributed by atoms with E-state index in [1.807, 2.05) is 6.92 Å². The lowest BCUT2D eigenvalue weighted by molar-refractivity contribution is -0.137. The van der Waals surface area contributed by atoms with Gasteiger partial charge in [0.2, 0.25) is 5.95 Å². The van der Waals surface area contributed by atoms with E-state index in [0.717, 1.165) is 44.3 Å². The van der Waals surface area contributed by atoms with Crippen molar-refractivity contribution in [2.24, 2.45) is 0 Å². The zero-order valence-corrected chi connectivity index (χ0v) is 24.5. The van der Waals surface area contributed by atoms with Crippen molar-refractivity contribution in [3.8, 4) is 11.4 Å². The van der Waals surface area contributed by atoms with Gasteiger partial charge in [0, 0.05) is 41.8 Å². The molecule has 0 unspecified atom stereocenters. The fourth-order valence-electron chi connectivity index (χ4n) is 4.72. The largest absolute Gasteiger partial charge is 0.497 e. The molecule has 2 aromatic carbocycles. The van der Waals surface area contributed by atoms with E-state index in [2.05, 4.69) is 44.3 Å². The number of fused-ring (bicyclic) bond motifs is 1. The molecule has 13 heteroatoms. The van der Waals surface area contributed by atoms with Crippen LogP contribution in [0, 0.1) is 0 Å². The first kappa shape index (κ1) is 31.4. The monoisotopic (exact) mass is 597 g/mol. The first-order valence-electron chi connectivity index (χ1n) is 14.0. The molecule has 0 fully saturated rings. The zero-order chi connectivity index (χ0) is 31.1. The Morgan fingerprint density at radius 1 is 1.07 bits per heavy atom. The molecule has 4 aromatic rings. The Morgan fingerprint density at radius 3 is 2.51 bits per heavy atom. The predicted octanol–water partition coefficient (Wildman–Crippen LogP) is 5.16. The molecule has 0 saturated heterocycles. The molecular formula is C30H34F3N7O3. The molecule has 228 valence electrons. The Bertz CT molecular complexity index is 1650. The molecule has 0 aliphatic rings. The Labute approximate surface area is 246 Å². The molecule has 2 aromatic heterocycles. The normalized spacial score (nSPS) is 11.6. The van der Waals surface area contributed by atoms with E-state index in [1.165, 1.54) is 29.9 Å². The molecule has 10 nitrogen and oxygen atoms in total. The highest BCUT2D eigenvalue weighted by molar-refractivity contribution is 6.04. The molecule has 43 heavy (non-hydrogen) atoms. The van der Waals surface area contributed by atoms with E-state index < -0.39 is 23.3 Å². The molecule has 1 amide bonds. The summed E-state index contributed by atoms with van der Waals surface area (Å²) in [5, 5.41) is 6.37. The minimum atomic E-state index is -4.59. The van der Waals surface area contributed by atoms with Crippen molar-refractivity contribution in [3.05, 3.63) is 76.0 Å². The van der Waals surface area contributed by atoms with Gasteiger partial charge < -0.3 is 20.3 Å². The van der Waals surface area contributed by atoms with Crippen LogP contribution in [0.25, 0.3) is 16.7 Å². The van der Waals surface area contributed by atoms with Crippen molar-refractivity contribution in [3.63, 3.8) is 0 Å². The molecule has 2 heterocycles. The molecule has 0 saturated carbocycles. The number of hydrogen-bond acceptors (Lipinski definition) is 8. The molecule has 0 bridgehead atoms. The van der Waals surface area contributed by atoms with E-state index in [0.29, 0.717) is 41.4 Å². The molecule has 0 aliphatic carbocycles. The number of anilines is 2.